The molecule has 3 radical (unpaired) electrons. The monoisotopic (exact) mass is 193 g/mol. The number of aryl methyl sites for hydroxylation is 3. The number of hydrogen-bond donors (Lipinski definition) is 0. The molecule has 1 rings (SSSR count). The van der Waals surface area contributed by atoms with Gasteiger partial charge in [-0.05, 0) is 0 Å². The Morgan fingerprint density at radius 3 is 1.80 bits per heavy atom. The van der Waals surface area contributed by atoms with Gasteiger partial charge in [0.15, 0.2) is 0 Å². The Balaban J connectivity index is 3.31. The van der Waals surface area contributed by atoms with Crippen LogP contribution in [-0.4, -0.2) is 16.5 Å². The Bertz CT molecular complexity index is 228. The number of hydrogen-bond acceptors (Lipinski definition) is 0. The van der Waals surface area contributed by atoms with E-state index in [9.17, 15) is 0 Å². The molecule has 0 amide bonds. The number of rotatable bonds is 0. The molecule has 0 saturated carbocycles. The summed E-state index contributed by atoms with van der Waals surface area (Å²) < 4.78 is 1.42. The van der Waals surface area contributed by atoms with E-state index in [1.807, 2.05) is 0 Å². The van der Waals surface area contributed by atoms with Gasteiger partial charge in [-0.15, -0.1) is 0 Å². The molecule has 0 aliphatic carbocycles. The second-order valence-electron chi connectivity index (χ2n) is 2.77. The molecule has 0 spiro atoms. The molecule has 0 aliphatic heterocycles. The fourth-order valence-electron chi connectivity index (χ4n) is 1.18. The minimum absolute atomic E-state index is 1.36. The van der Waals surface area contributed by atoms with E-state index in [0.717, 1.165) is 0 Å². The Morgan fingerprint density at radius 2 is 1.40 bits per heavy atom. The van der Waals surface area contributed by atoms with E-state index in [2.05, 4.69) is 49.4 Å². The average Bonchev–Trinajstić information content (AvgIpc) is 1.82. The first-order valence-electron chi connectivity index (χ1n) is 3.40. The summed E-state index contributed by atoms with van der Waals surface area (Å²) >= 11 is 2.17. The summed E-state index contributed by atoms with van der Waals surface area (Å²) in [5.41, 5.74) is 4.16. The van der Waals surface area contributed by atoms with Crippen molar-refractivity contribution in [1.82, 2.24) is 0 Å². The maximum atomic E-state index is 2.22. The van der Waals surface area contributed by atoms with Gasteiger partial charge in [-0.2, -0.15) is 0 Å². The zero-order valence-electron chi connectivity index (χ0n) is 6.65. The third-order valence-electron chi connectivity index (χ3n) is 1.68. The van der Waals surface area contributed by atoms with Crippen LogP contribution in [0.4, 0.5) is 0 Å². The Hall–Kier alpha value is -0.237. The van der Waals surface area contributed by atoms with Crippen LogP contribution in [-0.2, 0) is 0 Å². The SMILES string of the molecule is Cc1cc(C)[c]([Ge])c(C)c1. The summed E-state index contributed by atoms with van der Waals surface area (Å²) in [4.78, 5) is 0. The van der Waals surface area contributed by atoms with Crippen molar-refractivity contribution in [2.45, 2.75) is 20.8 Å². The quantitative estimate of drug-likeness (QED) is 0.545. The molecule has 0 fully saturated rings. The first-order valence-corrected chi connectivity index (χ1v) is 4.45. The molecule has 0 heterocycles. The zero-order chi connectivity index (χ0) is 7.72. The molecular weight excluding hydrogens is 181 g/mol. The topological polar surface area (TPSA) is 0 Å². The second-order valence-corrected chi connectivity index (χ2v) is 3.82. The van der Waals surface area contributed by atoms with Gasteiger partial charge in [0.1, 0.15) is 0 Å². The first kappa shape index (κ1) is 7.87. The predicted octanol–water partition coefficient (Wildman–Crippen LogP) is 1.41. The van der Waals surface area contributed by atoms with Crippen LogP contribution in [0.2, 0.25) is 0 Å². The van der Waals surface area contributed by atoms with Crippen molar-refractivity contribution in [1.29, 1.82) is 0 Å². The normalized spacial score (nSPS) is 10.0. The molecule has 0 aromatic heterocycles. The minimum atomic E-state index is 1.36. The Labute approximate surface area is 70.9 Å². The van der Waals surface area contributed by atoms with Crippen LogP contribution in [0.15, 0.2) is 12.1 Å². The maximum absolute atomic E-state index is 2.22. The zero-order valence-corrected chi connectivity index (χ0v) is 8.75. The number of benzene rings is 1. The molecule has 10 heavy (non-hydrogen) atoms. The van der Waals surface area contributed by atoms with Crippen molar-refractivity contribution >= 4 is 20.9 Å². The Morgan fingerprint density at radius 1 is 1.00 bits per heavy atom. The molecule has 1 aromatic carbocycles. The van der Waals surface area contributed by atoms with E-state index in [1.54, 1.807) is 0 Å². The fourth-order valence-corrected chi connectivity index (χ4v) is 1.48. The molecule has 0 aliphatic rings. The van der Waals surface area contributed by atoms with Gasteiger partial charge >= 0.3 is 70.5 Å². The van der Waals surface area contributed by atoms with Crippen LogP contribution in [0.1, 0.15) is 16.7 Å². The second kappa shape index (κ2) is 2.79. The van der Waals surface area contributed by atoms with Crippen molar-refractivity contribution in [2.24, 2.45) is 0 Å². The third kappa shape index (κ3) is 1.43. The van der Waals surface area contributed by atoms with Gasteiger partial charge in [0.05, 0.1) is 0 Å². The predicted molar refractivity (Wildman–Crippen MR) is 46.0 cm³/mol. The van der Waals surface area contributed by atoms with E-state index in [0.29, 0.717) is 0 Å². The molecule has 0 saturated heterocycles. The summed E-state index contributed by atoms with van der Waals surface area (Å²) in [5, 5.41) is 0. The molecule has 0 atom stereocenters. The van der Waals surface area contributed by atoms with Gasteiger partial charge in [0.25, 0.3) is 0 Å². The summed E-state index contributed by atoms with van der Waals surface area (Å²) in [6.07, 6.45) is 0. The van der Waals surface area contributed by atoms with E-state index < -0.39 is 0 Å². The van der Waals surface area contributed by atoms with Gasteiger partial charge in [-0.25, -0.2) is 0 Å². The molecule has 51 valence electrons. The van der Waals surface area contributed by atoms with Crippen molar-refractivity contribution in [3.63, 3.8) is 0 Å². The van der Waals surface area contributed by atoms with Gasteiger partial charge in [0.2, 0.25) is 0 Å². The van der Waals surface area contributed by atoms with E-state index in [-0.39, 0.29) is 0 Å². The van der Waals surface area contributed by atoms with Gasteiger partial charge < -0.3 is 0 Å². The van der Waals surface area contributed by atoms with Gasteiger partial charge in [-0.3, -0.25) is 0 Å². The van der Waals surface area contributed by atoms with Crippen molar-refractivity contribution in [2.75, 3.05) is 0 Å². The molecule has 0 N–H and O–H groups in total. The summed E-state index contributed by atoms with van der Waals surface area (Å²) in [6, 6.07) is 4.45. The first-order chi connectivity index (χ1) is 4.61. The summed E-state index contributed by atoms with van der Waals surface area (Å²) in [5.74, 6) is 0. The van der Waals surface area contributed by atoms with Crippen LogP contribution < -0.4 is 4.40 Å². The molecule has 1 heteroatoms. The van der Waals surface area contributed by atoms with Crippen molar-refractivity contribution in [3.8, 4) is 0 Å². The van der Waals surface area contributed by atoms with Crippen LogP contribution in [0, 0.1) is 20.8 Å². The Kier molecular flexibility index (Phi) is 2.19. The molecule has 0 bridgehead atoms. The van der Waals surface area contributed by atoms with Crippen molar-refractivity contribution in [3.05, 3.63) is 28.8 Å². The summed E-state index contributed by atoms with van der Waals surface area (Å²) in [6.45, 7) is 6.46. The van der Waals surface area contributed by atoms with E-state index >= 15 is 0 Å². The standard InChI is InChI=1S/C9H11Ge/c1-6-4-7(2)9(10)8(3)5-6/h4-5H,1-3H3. The molecular formula is C9H11Ge. The average molecular weight is 192 g/mol. The van der Waals surface area contributed by atoms with Crippen LogP contribution >= 0.6 is 0 Å². The molecule has 0 unspecified atom stereocenters. The van der Waals surface area contributed by atoms with Gasteiger partial charge in [0, 0.05) is 0 Å². The van der Waals surface area contributed by atoms with Crippen LogP contribution in [0.5, 0.6) is 0 Å². The van der Waals surface area contributed by atoms with E-state index in [1.165, 1.54) is 21.1 Å². The summed E-state index contributed by atoms with van der Waals surface area (Å²) in [7, 11) is 0. The van der Waals surface area contributed by atoms with Crippen LogP contribution in [0.3, 0.4) is 0 Å². The molecule has 1 aromatic rings. The third-order valence-corrected chi connectivity index (χ3v) is 3.33. The van der Waals surface area contributed by atoms with Crippen LogP contribution in [0.25, 0.3) is 0 Å². The molecule has 0 nitrogen and oxygen atoms in total. The van der Waals surface area contributed by atoms with Crippen molar-refractivity contribution < 1.29 is 0 Å². The fraction of sp³-hybridized carbons (Fsp3) is 0.333. The van der Waals surface area contributed by atoms with E-state index in [4.69, 9.17) is 0 Å². The van der Waals surface area contributed by atoms with Gasteiger partial charge in [-0.1, -0.05) is 0 Å².